The van der Waals surface area contributed by atoms with Crippen molar-refractivity contribution in [3.63, 3.8) is 0 Å². The van der Waals surface area contributed by atoms with E-state index in [1.54, 1.807) is 13.2 Å². The Morgan fingerprint density at radius 3 is 2.91 bits per heavy atom. The van der Waals surface area contributed by atoms with Crippen molar-refractivity contribution in [3.05, 3.63) is 35.4 Å². The average Bonchev–Trinajstić information content (AvgIpc) is 2.89. The minimum absolute atomic E-state index is 0.0244. The maximum absolute atomic E-state index is 12.6. The third-order valence-electron chi connectivity index (χ3n) is 5.95. The summed E-state index contributed by atoms with van der Waals surface area (Å²) in [7, 11) is 1.60. The number of ketones is 1. The van der Waals surface area contributed by atoms with E-state index in [9.17, 15) is 9.90 Å². The molecule has 1 N–H and O–H groups in total. The minimum Gasteiger partial charge on any atom is -0.493 e. The largest absolute Gasteiger partial charge is 0.493 e. The number of aliphatic hydroxyl groups is 1. The summed E-state index contributed by atoms with van der Waals surface area (Å²) in [5.41, 5.74) is 0.385. The predicted octanol–water partition coefficient (Wildman–Crippen LogP) is 2.56. The van der Waals surface area contributed by atoms with Gasteiger partial charge in [-0.3, -0.25) is 4.79 Å². The van der Waals surface area contributed by atoms with Gasteiger partial charge in [-0.05, 0) is 42.5 Å². The molecule has 1 aromatic carbocycles. The molecule has 4 rings (SSSR count). The molecule has 4 heteroatoms. The number of carbonyl (C=O) groups is 1. The van der Waals surface area contributed by atoms with Crippen LogP contribution in [0, 0.1) is 5.92 Å². The monoisotopic (exact) mass is 314 g/mol. The fourth-order valence-electron chi connectivity index (χ4n) is 4.99. The fourth-order valence-corrected chi connectivity index (χ4v) is 4.99. The molecule has 1 aliphatic heterocycles. The van der Waals surface area contributed by atoms with Crippen LogP contribution in [0.25, 0.3) is 0 Å². The van der Waals surface area contributed by atoms with E-state index in [0.29, 0.717) is 17.9 Å². The topological polar surface area (TPSA) is 55.8 Å². The molecule has 1 heterocycles. The van der Waals surface area contributed by atoms with E-state index < -0.39 is 17.1 Å². The van der Waals surface area contributed by atoms with Gasteiger partial charge in [0.15, 0.2) is 23.4 Å². The summed E-state index contributed by atoms with van der Waals surface area (Å²) in [6.07, 6.45) is 4.90. The Balaban J connectivity index is 2.09. The molecule has 0 spiro atoms. The van der Waals surface area contributed by atoms with Gasteiger partial charge < -0.3 is 14.6 Å². The molecular formula is C19H22O4. The number of ether oxygens (including phenoxy) is 2. The van der Waals surface area contributed by atoms with Crippen molar-refractivity contribution >= 4 is 5.78 Å². The number of hydrogen-bond acceptors (Lipinski definition) is 4. The molecule has 4 atom stereocenters. The third kappa shape index (κ3) is 1.52. The Bertz CT molecular complexity index is 722. The van der Waals surface area contributed by atoms with Gasteiger partial charge in [0.25, 0.3) is 0 Å². The molecule has 1 aromatic rings. The minimum atomic E-state index is -1.06. The van der Waals surface area contributed by atoms with Gasteiger partial charge in [0, 0.05) is 5.56 Å². The van der Waals surface area contributed by atoms with Gasteiger partial charge in [-0.15, -0.1) is 0 Å². The normalized spacial score (nSPS) is 36.6. The number of methoxy groups -OCH3 is 1. The van der Waals surface area contributed by atoms with E-state index in [4.69, 9.17) is 9.47 Å². The molecule has 2 aliphatic carbocycles. The average molecular weight is 314 g/mol. The lowest BCUT2D eigenvalue weighted by Gasteiger charge is -2.53. The van der Waals surface area contributed by atoms with Gasteiger partial charge in [-0.1, -0.05) is 26.3 Å². The zero-order valence-corrected chi connectivity index (χ0v) is 13.8. The van der Waals surface area contributed by atoms with Gasteiger partial charge in [-0.2, -0.15) is 0 Å². The van der Waals surface area contributed by atoms with Crippen molar-refractivity contribution in [1.29, 1.82) is 0 Å². The lowest BCUT2D eigenvalue weighted by atomic mass is 9.51. The van der Waals surface area contributed by atoms with E-state index in [1.165, 1.54) is 6.08 Å². The van der Waals surface area contributed by atoms with Gasteiger partial charge in [0.05, 0.1) is 18.1 Å². The summed E-state index contributed by atoms with van der Waals surface area (Å²) in [5.74, 6) is 1.24. The van der Waals surface area contributed by atoms with Crippen LogP contribution < -0.4 is 9.47 Å². The Morgan fingerprint density at radius 1 is 1.43 bits per heavy atom. The smallest absolute Gasteiger partial charge is 0.196 e. The number of rotatable bonds is 3. The summed E-state index contributed by atoms with van der Waals surface area (Å²) in [5, 5.41) is 11.6. The van der Waals surface area contributed by atoms with E-state index >= 15 is 0 Å². The maximum Gasteiger partial charge on any atom is 0.196 e. The zero-order chi connectivity index (χ0) is 16.4. The first kappa shape index (κ1) is 14.8. The molecule has 0 fully saturated rings. The van der Waals surface area contributed by atoms with Crippen molar-refractivity contribution in [1.82, 2.24) is 0 Å². The van der Waals surface area contributed by atoms with Crippen molar-refractivity contribution in [2.24, 2.45) is 5.92 Å². The Morgan fingerprint density at radius 2 is 2.22 bits per heavy atom. The van der Waals surface area contributed by atoms with Crippen molar-refractivity contribution in [2.45, 2.75) is 50.2 Å². The molecule has 0 saturated heterocycles. The summed E-state index contributed by atoms with van der Waals surface area (Å²) in [4.78, 5) is 12.6. The van der Waals surface area contributed by atoms with Crippen LogP contribution in [-0.4, -0.2) is 29.7 Å². The molecule has 23 heavy (non-hydrogen) atoms. The molecule has 122 valence electrons. The van der Waals surface area contributed by atoms with Crippen molar-refractivity contribution < 1.29 is 19.4 Å². The molecule has 0 radical (unpaired) electrons. The van der Waals surface area contributed by atoms with Crippen LogP contribution >= 0.6 is 0 Å². The lowest BCUT2D eigenvalue weighted by Crippen LogP contribution is -2.65. The highest BCUT2D eigenvalue weighted by Crippen LogP contribution is 2.62. The fraction of sp³-hybridized carbons (Fsp3) is 0.526. The Labute approximate surface area is 136 Å². The molecule has 4 unspecified atom stereocenters. The summed E-state index contributed by atoms with van der Waals surface area (Å²) >= 11 is 0. The van der Waals surface area contributed by atoms with Crippen molar-refractivity contribution in [2.75, 3.05) is 7.11 Å². The summed E-state index contributed by atoms with van der Waals surface area (Å²) < 4.78 is 11.6. The highest BCUT2D eigenvalue weighted by molar-refractivity contribution is 5.98. The summed E-state index contributed by atoms with van der Waals surface area (Å²) in [6, 6.07) is 3.96. The van der Waals surface area contributed by atoms with Crippen LogP contribution in [0.5, 0.6) is 11.5 Å². The van der Waals surface area contributed by atoms with E-state index in [2.05, 4.69) is 19.9 Å². The number of carbonyl (C=O) groups excluding carboxylic acids is 1. The highest BCUT2D eigenvalue weighted by atomic mass is 16.5. The standard InChI is InChI=1S/C19H22O4/c1-4-8-18-15-12-5-6-14(22-3)16(15)23-17(18)13(20)7-9-19(18,21)11(2)10-12/h5-7,9,11,17,21H,4,8,10H2,1-3H3. The highest BCUT2D eigenvalue weighted by Gasteiger charge is 2.68. The van der Waals surface area contributed by atoms with Crippen LogP contribution in [0.2, 0.25) is 0 Å². The van der Waals surface area contributed by atoms with Crippen LogP contribution in [0.4, 0.5) is 0 Å². The molecule has 0 saturated carbocycles. The first-order valence-electron chi connectivity index (χ1n) is 8.32. The second kappa shape index (κ2) is 4.60. The van der Waals surface area contributed by atoms with Gasteiger partial charge in [0.2, 0.25) is 0 Å². The zero-order valence-electron chi connectivity index (χ0n) is 13.8. The molecular weight excluding hydrogens is 292 g/mol. The molecule has 0 amide bonds. The second-order valence-corrected chi connectivity index (χ2v) is 7.02. The van der Waals surface area contributed by atoms with Gasteiger partial charge in [0.1, 0.15) is 0 Å². The third-order valence-corrected chi connectivity index (χ3v) is 5.95. The molecule has 4 nitrogen and oxygen atoms in total. The molecule has 3 aliphatic rings. The van der Waals surface area contributed by atoms with E-state index in [-0.39, 0.29) is 11.7 Å². The van der Waals surface area contributed by atoms with E-state index in [1.807, 2.05) is 6.07 Å². The summed E-state index contributed by atoms with van der Waals surface area (Å²) in [6.45, 7) is 4.14. The van der Waals surface area contributed by atoms with Crippen molar-refractivity contribution in [3.8, 4) is 11.5 Å². The van der Waals surface area contributed by atoms with E-state index in [0.717, 1.165) is 24.0 Å². The first-order chi connectivity index (χ1) is 11.0. The van der Waals surface area contributed by atoms with Crippen LogP contribution in [0.1, 0.15) is 37.8 Å². The number of hydrogen-bond donors (Lipinski definition) is 1. The van der Waals surface area contributed by atoms with Crippen LogP contribution in [0.15, 0.2) is 24.3 Å². The Hall–Kier alpha value is -1.81. The number of benzene rings is 1. The quantitative estimate of drug-likeness (QED) is 0.931. The van der Waals surface area contributed by atoms with Gasteiger partial charge in [-0.25, -0.2) is 0 Å². The molecule has 0 aromatic heterocycles. The Kier molecular flexibility index (Phi) is 2.95. The SMILES string of the molecule is CCCC12c3c4ccc(OC)c3OC1C(=O)C=CC2(O)C(C)C4. The van der Waals surface area contributed by atoms with Crippen LogP contribution in [0.3, 0.4) is 0 Å². The lowest BCUT2D eigenvalue weighted by molar-refractivity contribution is -0.137. The second-order valence-electron chi connectivity index (χ2n) is 7.02. The van der Waals surface area contributed by atoms with Gasteiger partial charge >= 0.3 is 0 Å². The molecule has 0 bridgehead atoms. The van der Waals surface area contributed by atoms with Crippen LogP contribution in [-0.2, 0) is 16.6 Å². The predicted molar refractivity (Wildman–Crippen MR) is 86.0 cm³/mol. The maximum atomic E-state index is 12.6. The first-order valence-corrected chi connectivity index (χ1v) is 8.32.